The van der Waals surface area contributed by atoms with Gasteiger partial charge in [-0.1, -0.05) is 32.0 Å². The molecule has 0 saturated carbocycles. The van der Waals surface area contributed by atoms with Crippen LogP contribution < -0.4 is 5.32 Å². The third-order valence-electron chi connectivity index (χ3n) is 4.30. The van der Waals surface area contributed by atoms with Gasteiger partial charge in [-0.2, -0.15) is 0 Å². The van der Waals surface area contributed by atoms with Gasteiger partial charge in [-0.25, -0.2) is 4.98 Å². The van der Waals surface area contributed by atoms with Crippen molar-refractivity contribution in [1.29, 1.82) is 0 Å². The van der Waals surface area contributed by atoms with Crippen molar-refractivity contribution < 1.29 is 19.1 Å². The number of aliphatic carboxylic acids is 1. The second-order valence-electron chi connectivity index (χ2n) is 6.11. The molecule has 0 unspecified atom stereocenters. The van der Waals surface area contributed by atoms with Crippen molar-refractivity contribution in [1.82, 2.24) is 10.3 Å². The van der Waals surface area contributed by atoms with Gasteiger partial charge in [-0.15, -0.1) is 11.8 Å². The number of carboxylic acid groups (broad SMARTS) is 1. The van der Waals surface area contributed by atoms with Gasteiger partial charge in [-0.05, 0) is 25.0 Å². The fourth-order valence-corrected chi connectivity index (χ4v) is 3.38. The first-order chi connectivity index (χ1) is 12.5. The summed E-state index contributed by atoms with van der Waals surface area (Å²) in [6.07, 6.45) is 2.69. The number of rotatable bonds is 10. The molecule has 0 radical (unpaired) electrons. The van der Waals surface area contributed by atoms with Gasteiger partial charge in [0.2, 0.25) is 11.8 Å². The van der Waals surface area contributed by atoms with E-state index in [1.54, 1.807) is 6.26 Å². The normalized spacial score (nSPS) is 11.3. The Morgan fingerprint density at radius 2 is 1.92 bits per heavy atom. The first kappa shape index (κ1) is 20.0. The summed E-state index contributed by atoms with van der Waals surface area (Å²) in [4.78, 5) is 27.7. The third-order valence-corrected chi connectivity index (χ3v) is 5.27. The van der Waals surface area contributed by atoms with Gasteiger partial charge in [0.05, 0.1) is 17.9 Å². The Hall–Kier alpha value is -2.28. The van der Waals surface area contributed by atoms with E-state index in [1.807, 2.05) is 44.2 Å². The van der Waals surface area contributed by atoms with Crippen LogP contribution in [0.25, 0.3) is 11.5 Å². The minimum Gasteiger partial charge on any atom is -0.481 e. The van der Waals surface area contributed by atoms with Crippen LogP contribution >= 0.6 is 11.8 Å². The van der Waals surface area contributed by atoms with Gasteiger partial charge in [0.25, 0.3) is 0 Å². The van der Waals surface area contributed by atoms with E-state index in [9.17, 15) is 9.59 Å². The van der Waals surface area contributed by atoms with Crippen LogP contribution in [0.4, 0.5) is 0 Å². The number of oxazole rings is 1. The van der Waals surface area contributed by atoms with Crippen molar-refractivity contribution in [3.05, 3.63) is 42.3 Å². The van der Waals surface area contributed by atoms with E-state index in [1.165, 1.54) is 11.8 Å². The van der Waals surface area contributed by atoms with Gasteiger partial charge in [0.15, 0.2) is 0 Å². The number of aromatic nitrogens is 1. The summed E-state index contributed by atoms with van der Waals surface area (Å²) in [6.45, 7) is 3.78. The first-order valence-corrected chi connectivity index (χ1v) is 9.74. The highest BCUT2D eigenvalue weighted by molar-refractivity contribution is 7.99. The molecule has 0 atom stereocenters. The molecule has 2 aromatic rings. The Morgan fingerprint density at radius 3 is 2.54 bits per heavy atom. The largest absolute Gasteiger partial charge is 0.481 e. The van der Waals surface area contributed by atoms with Crippen LogP contribution in [0.3, 0.4) is 0 Å². The zero-order valence-electron chi connectivity index (χ0n) is 15.0. The van der Waals surface area contributed by atoms with Crippen LogP contribution in [0.5, 0.6) is 0 Å². The second kappa shape index (κ2) is 9.43. The maximum atomic E-state index is 12.2. The SMILES string of the molecule is CCC(CC)(CC(=O)O)NC(=O)CSCc1coc(-c2ccccc2)n1. The predicted molar refractivity (Wildman–Crippen MR) is 102 cm³/mol. The predicted octanol–water partition coefficient (Wildman–Crippen LogP) is 3.72. The summed E-state index contributed by atoms with van der Waals surface area (Å²) >= 11 is 1.42. The fourth-order valence-electron chi connectivity index (χ4n) is 2.68. The number of carboxylic acids is 1. The second-order valence-corrected chi connectivity index (χ2v) is 7.09. The zero-order valence-corrected chi connectivity index (χ0v) is 15.8. The van der Waals surface area contributed by atoms with E-state index in [0.29, 0.717) is 24.5 Å². The smallest absolute Gasteiger partial charge is 0.305 e. The van der Waals surface area contributed by atoms with Crippen molar-refractivity contribution in [3.8, 4) is 11.5 Å². The summed E-state index contributed by atoms with van der Waals surface area (Å²) < 4.78 is 5.48. The first-order valence-electron chi connectivity index (χ1n) is 8.58. The lowest BCUT2D eigenvalue weighted by Gasteiger charge is -2.31. The number of hydrogen-bond acceptors (Lipinski definition) is 5. The molecule has 26 heavy (non-hydrogen) atoms. The van der Waals surface area contributed by atoms with Crippen molar-refractivity contribution in [3.63, 3.8) is 0 Å². The number of amides is 1. The van der Waals surface area contributed by atoms with Crippen molar-refractivity contribution in [2.75, 3.05) is 5.75 Å². The van der Waals surface area contributed by atoms with E-state index in [4.69, 9.17) is 9.52 Å². The minimum absolute atomic E-state index is 0.0693. The lowest BCUT2D eigenvalue weighted by Crippen LogP contribution is -2.49. The average Bonchev–Trinajstić information content (AvgIpc) is 3.10. The van der Waals surface area contributed by atoms with Gasteiger partial charge in [-0.3, -0.25) is 9.59 Å². The number of carbonyl (C=O) groups excluding carboxylic acids is 1. The number of benzene rings is 1. The molecule has 1 amide bonds. The van der Waals surface area contributed by atoms with Gasteiger partial charge in [0.1, 0.15) is 6.26 Å². The Morgan fingerprint density at radius 1 is 1.23 bits per heavy atom. The highest BCUT2D eigenvalue weighted by atomic mass is 32.2. The number of carbonyl (C=O) groups is 2. The van der Waals surface area contributed by atoms with E-state index in [2.05, 4.69) is 10.3 Å². The fraction of sp³-hybridized carbons (Fsp3) is 0.421. The van der Waals surface area contributed by atoms with Crippen LogP contribution in [0, 0.1) is 0 Å². The van der Waals surface area contributed by atoms with Gasteiger partial charge < -0.3 is 14.8 Å². The maximum absolute atomic E-state index is 12.2. The van der Waals surface area contributed by atoms with Crippen molar-refractivity contribution >= 4 is 23.6 Å². The molecule has 2 N–H and O–H groups in total. The highest BCUT2D eigenvalue weighted by Crippen LogP contribution is 2.22. The molecule has 2 rings (SSSR count). The maximum Gasteiger partial charge on any atom is 0.305 e. The van der Waals surface area contributed by atoms with Crippen LogP contribution in [0.1, 0.15) is 38.8 Å². The minimum atomic E-state index is -0.905. The number of nitrogens with zero attached hydrogens (tertiary/aromatic N) is 1. The number of nitrogens with one attached hydrogen (secondary N) is 1. The van der Waals surface area contributed by atoms with E-state index in [0.717, 1.165) is 11.3 Å². The topological polar surface area (TPSA) is 92.4 Å². The number of thioether (sulfide) groups is 1. The molecule has 1 aromatic carbocycles. The average molecular weight is 376 g/mol. The molecular formula is C19H24N2O4S. The molecule has 0 spiro atoms. The molecule has 6 nitrogen and oxygen atoms in total. The lowest BCUT2D eigenvalue weighted by molar-refractivity contribution is -0.139. The van der Waals surface area contributed by atoms with E-state index >= 15 is 0 Å². The quantitative estimate of drug-likeness (QED) is 0.656. The molecular weight excluding hydrogens is 352 g/mol. The highest BCUT2D eigenvalue weighted by Gasteiger charge is 2.30. The van der Waals surface area contributed by atoms with E-state index < -0.39 is 11.5 Å². The molecule has 0 aliphatic carbocycles. The van der Waals surface area contributed by atoms with Crippen LogP contribution in [0.2, 0.25) is 0 Å². The zero-order chi connectivity index (χ0) is 19.0. The molecule has 0 saturated heterocycles. The summed E-state index contributed by atoms with van der Waals surface area (Å²) in [5.74, 6) is 0.288. The Balaban J connectivity index is 1.84. The molecule has 140 valence electrons. The molecule has 0 aliphatic rings. The molecule has 0 bridgehead atoms. The van der Waals surface area contributed by atoms with Crippen molar-refractivity contribution in [2.45, 2.75) is 44.4 Å². The Kier molecular flexibility index (Phi) is 7.26. The monoisotopic (exact) mass is 376 g/mol. The molecule has 1 heterocycles. The molecule has 7 heteroatoms. The summed E-state index contributed by atoms with van der Waals surface area (Å²) in [5, 5.41) is 12.0. The van der Waals surface area contributed by atoms with Crippen LogP contribution in [-0.2, 0) is 15.3 Å². The molecule has 1 aromatic heterocycles. The Bertz CT molecular complexity index is 726. The standard InChI is InChI=1S/C19H24N2O4S/c1-3-19(4-2,10-17(23)24)21-16(22)13-26-12-15-11-25-18(20-15)14-8-6-5-7-9-14/h5-9,11H,3-4,10,12-13H2,1-2H3,(H,21,22)(H,23,24). The van der Waals surface area contributed by atoms with Crippen molar-refractivity contribution in [2.24, 2.45) is 0 Å². The summed E-state index contributed by atoms with van der Waals surface area (Å²) in [6, 6.07) is 9.62. The van der Waals surface area contributed by atoms with Crippen LogP contribution in [0.15, 0.2) is 41.0 Å². The third kappa shape index (κ3) is 5.62. The lowest BCUT2D eigenvalue weighted by atomic mass is 9.89. The summed E-state index contributed by atoms with van der Waals surface area (Å²) in [7, 11) is 0. The van der Waals surface area contributed by atoms with Gasteiger partial charge in [0, 0.05) is 16.9 Å². The van der Waals surface area contributed by atoms with E-state index in [-0.39, 0.29) is 18.1 Å². The van der Waals surface area contributed by atoms with Gasteiger partial charge >= 0.3 is 5.97 Å². The molecule has 0 fully saturated rings. The Labute approximate surface area is 157 Å². The summed E-state index contributed by atoms with van der Waals surface area (Å²) in [5.41, 5.74) is 0.993. The van der Waals surface area contributed by atoms with Crippen LogP contribution in [-0.4, -0.2) is 33.3 Å². The number of hydrogen-bond donors (Lipinski definition) is 2. The molecule has 0 aliphatic heterocycles.